The van der Waals surface area contributed by atoms with Crippen LogP contribution in [0.5, 0.6) is 5.75 Å². The predicted octanol–water partition coefficient (Wildman–Crippen LogP) is 3.52. The summed E-state index contributed by atoms with van der Waals surface area (Å²) in [6.07, 6.45) is 2.61. The van der Waals surface area contributed by atoms with Gasteiger partial charge >= 0.3 is 0 Å². The fraction of sp³-hybridized carbons (Fsp3) is 0.400. The molecule has 2 aromatic carbocycles. The number of hydrogen-bond acceptors (Lipinski definition) is 4. The maximum atomic E-state index is 9.00. The van der Waals surface area contributed by atoms with E-state index in [1.807, 2.05) is 30.1 Å². The van der Waals surface area contributed by atoms with Gasteiger partial charge in [-0.15, -0.1) is 0 Å². The Morgan fingerprint density at radius 2 is 1.88 bits per heavy atom. The zero-order valence-corrected chi connectivity index (χ0v) is 14.2. The van der Waals surface area contributed by atoms with Crippen molar-refractivity contribution < 1.29 is 9.84 Å². The highest BCUT2D eigenvalue weighted by atomic mass is 16.5. The standard InChI is InChI=1S/C20H26N2O2/c1-22(12-13-23)19-10-8-18(9-11-19)21-14-17-4-2-3-5-20(17)24-15-16-6-7-16/h2-5,8-11,16,21,23H,6-7,12-15H2,1H3. The summed E-state index contributed by atoms with van der Waals surface area (Å²) in [6, 6.07) is 16.5. The lowest BCUT2D eigenvalue weighted by Crippen LogP contribution is -2.20. The average molecular weight is 326 g/mol. The van der Waals surface area contributed by atoms with E-state index in [1.165, 1.54) is 18.4 Å². The van der Waals surface area contributed by atoms with Gasteiger partial charge in [0.05, 0.1) is 13.2 Å². The third-order valence-corrected chi connectivity index (χ3v) is 4.37. The van der Waals surface area contributed by atoms with Gasteiger partial charge in [0, 0.05) is 37.1 Å². The van der Waals surface area contributed by atoms with E-state index in [1.54, 1.807) is 0 Å². The highest BCUT2D eigenvalue weighted by molar-refractivity contribution is 5.55. The highest BCUT2D eigenvalue weighted by Gasteiger charge is 2.22. The largest absolute Gasteiger partial charge is 0.493 e. The molecule has 1 saturated carbocycles. The molecule has 0 heterocycles. The molecule has 24 heavy (non-hydrogen) atoms. The van der Waals surface area contributed by atoms with Gasteiger partial charge < -0.3 is 20.1 Å². The molecule has 0 radical (unpaired) electrons. The number of anilines is 2. The summed E-state index contributed by atoms with van der Waals surface area (Å²) in [5.74, 6) is 1.74. The first kappa shape index (κ1) is 16.7. The molecular formula is C20H26N2O2. The summed E-state index contributed by atoms with van der Waals surface area (Å²) in [5, 5.41) is 12.5. The van der Waals surface area contributed by atoms with Gasteiger partial charge in [0.1, 0.15) is 5.75 Å². The number of benzene rings is 2. The minimum atomic E-state index is 0.161. The molecule has 0 spiro atoms. The monoisotopic (exact) mass is 326 g/mol. The number of nitrogens with one attached hydrogen (secondary N) is 1. The van der Waals surface area contributed by atoms with Crippen molar-refractivity contribution in [3.8, 4) is 5.75 Å². The second kappa shape index (κ2) is 8.06. The average Bonchev–Trinajstić information content (AvgIpc) is 3.44. The fourth-order valence-corrected chi connectivity index (χ4v) is 2.59. The highest BCUT2D eigenvalue weighted by Crippen LogP contribution is 2.30. The van der Waals surface area contributed by atoms with E-state index in [4.69, 9.17) is 9.84 Å². The van der Waals surface area contributed by atoms with Crippen molar-refractivity contribution in [1.29, 1.82) is 0 Å². The van der Waals surface area contributed by atoms with E-state index in [0.717, 1.165) is 36.2 Å². The van der Waals surface area contributed by atoms with E-state index in [-0.39, 0.29) is 6.61 Å². The van der Waals surface area contributed by atoms with Crippen LogP contribution in [0.15, 0.2) is 48.5 Å². The zero-order valence-electron chi connectivity index (χ0n) is 14.2. The minimum Gasteiger partial charge on any atom is -0.493 e. The Labute approximate surface area is 144 Å². The van der Waals surface area contributed by atoms with Gasteiger partial charge in [0.2, 0.25) is 0 Å². The summed E-state index contributed by atoms with van der Waals surface area (Å²) < 4.78 is 5.96. The second-order valence-electron chi connectivity index (χ2n) is 6.41. The smallest absolute Gasteiger partial charge is 0.124 e. The molecular weight excluding hydrogens is 300 g/mol. The Kier molecular flexibility index (Phi) is 5.59. The van der Waals surface area contributed by atoms with E-state index in [0.29, 0.717) is 6.54 Å². The molecule has 0 atom stereocenters. The minimum absolute atomic E-state index is 0.161. The SMILES string of the molecule is CN(CCO)c1ccc(NCc2ccccc2OCC2CC2)cc1. The number of nitrogens with zero attached hydrogens (tertiary/aromatic N) is 1. The molecule has 0 aromatic heterocycles. The van der Waals surface area contributed by atoms with Crippen molar-refractivity contribution in [1.82, 2.24) is 0 Å². The van der Waals surface area contributed by atoms with E-state index >= 15 is 0 Å². The molecule has 3 rings (SSSR count). The number of hydrogen-bond donors (Lipinski definition) is 2. The third-order valence-electron chi connectivity index (χ3n) is 4.37. The van der Waals surface area contributed by atoms with Gasteiger partial charge in [-0.3, -0.25) is 0 Å². The number of ether oxygens (including phenoxy) is 1. The summed E-state index contributed by atoms with van der Waals surface area (Å²) in [7, 11) is 1.98. The number of rotatable bonds is 9. The van der Waals surface area contributed by atoms with E-state index < -0.39 is 0 Å². The first-order valence-corrected chi connectivity index (χ1v) is 8.63. The van der Waals surface area contributed by atoms with Crippen LogP contribution < -0.4 is 15.0 Å². The number of para-hydroxylation sites is 1. The predicted molar refractivity (Wildman–Crippen MR) is 98.8 cm³/mol. The number of aliphatic hydroxyl groups excluding tert-OH is 1. The maximum absolute atomic E-state index is 9.00. The quantitative estimate of drug-likeness (QED) is 0.740. The van der Waals surface area contributed by atoms with Crippen LogP contribution in [0.25, 0.3) is 0 Å². The molecule has 128 valence electrons. The van der Waals surface area contributed by atoms with Gasteiger partial charge in [0.25, 0.3) is 0 Å². The molecule has 1 aliphatic rings. The number of likely N-dealkylation sites (N-methyl/N-ethyl adjacent to an activating group) is 1. The van der Waals surface area contributed by atoms with Crippen LogP contribution in [0.3, 0.4) is 0 Å². The van der Waals surface area contributed by atoms with Crippen LogP contribution in [0.4, 0.5) is 11.4 Å². The molecule has 4 nitrogen and oxygen atoms in total. The lowest BCUT2D eigenvalue weighted by molar-refractivity contribution is 0.297. The molecule has 2 aromatic rings. The zero-order chi connectivity index (χ0) is 16.8. The molecule has 1 aliphatic carbocycles. The van der Waals surface area contributed by atoms with Gasteiger partial charge in [-0.1, -0.05) is 18.2 Å². The van der Waals surface area contributed by atoms with Crippen LogP contribution in [-0.4, -0.2) is 31.9 Å². The first-order valence-electron chi connectivity index (χ1n) is 8.63. The van der Waals surface area contributed by atoms with Crippen molar-refractivity contribution in [3.05, 3.63) is 54.1 Å². The Hall–Kier alpha value is -2.20. The van der Waals surface area contributed by atoms with Crippen LogP contribution in [0.1, 0.15) is 18.4 Å². The summed E-state index contributed by atoms with van der Waals surface area (Å²) in [4.78, 5) is 2.03. The Morgan fingerprint density at radius 3 is 2.58 bits per heavy atom. The second-order valence-corrected chi connectivity index (χ2v) is 6.41. The molecule has 0 unspecified atom stereocenters. The lowest BCUT2D eigenvalue weighted by atomic mass is 10.2. The lowest BCUT2D eigenvalue weighted by Gasteiger charge is -2.18. The van der Waals surface area contributed by atoms with Gasteiger partial charge in [-0.05, 0) is 49.1 Å². The van der Waals surface area contributed by atoms with Gasteiger partial charge in [-0.2, -0.15) is 0 Å². The molecule has 0 aliphatic heterocycles. The molecule has 1 fully saturated rings. The summed E-state index contributed by atoms with van der Waals surface area (Å²) in [6.45, 7) is 2.38. The van der Waals surface area contributed by atoms with Crippen molar-refractivity contribution in [2.24, 2.45) is 5.92 Å². The molecule has 2 N–H and O–H groups in total. The summed E-state index contributed by atoms with van der Waals surface area (Å²) in [5.41, 5.74) is 3.36. The van der Waals surface area contributed by atoms with Gasteiger partial charge in [0.15, 0.2) is 0 Å². The first-order chi connectivity index (χ1) is 11.8. The van der Waals surface area contributed by atoms with Crippen LogP contribution >= 0.6 is 0 Å². The molecule has 4 heteroatoms. The van der Waals surface area contributed by atoms with Crippen LogP contribution in [-0.2, 0) is 6.54 Å². The molecule has 0 saturated heterocycles. The van der Waals surface area contributed by atoms with E-state index in [9.17, 15) is 0 Å². The van der Waals surface area contributed by atoms with E-state index in [2.05, 4.69) is 35.6 Å². The van der Waals surface area contributed by atoms with Gasteiger partial charge in [-0.25, -0.2) is 0 Å². The number of aliphatic hydroxyl groups is 1. The van der Waals surface area contributed by atoms with Crippen molar-refractivity contribution in [2.45, 2.75) is 19.4 Å². The van der Waals surface area contributed by atoms with Crippen LogP contribution in [0.2, 0.25) is 0 Å². The Morgan fingerprint density at radius 1 is 1.12 bits per heavy atom. The maximum Gasteiger partial charge on any atom is 0.124 e. The van der Waals surface area contributed by atoms with Crippen LogP contribution in [0, 0.1) is 5.92 Å². The molecule has 0 bridgehead atoms. The third kappa shape index (κ3) is 4.65. The Bertz CT molecular complexity index is 638. The van der Waals surface area contributed by atoms with Crippen molar-refractivity contribution >= 4 is 11.4 Å². The molecule has 0 amide bonds. The topological polar surface area (TPSA) is 44.7 Å². The summed E-state index contributed by atoms with van der Waals surface area (Å²) >= 11 is 0. The Balaban J connectivity index is 1.57. The normalized spacial score (nSPS) is 13.6. The van der Waals surface area contributed by atoms with Crippen molar-refractivity contribution in [3.63, 3.8) is 0 Å². The fourth-order valence-electron chi connectivity index (χ4n) is 2.59. The van der Waals surface area contributed by atoms with Crippen molar-refractivity contribution in [2.75, 3.05) is 37.0 Å².